The maximum absolute atomic E-state index is 12.7. The van der Waals surface area contributed by atoms with Gasteiger partial charge in [-0.05, 0) is 18.2 Å². The lowest BCUT2D eigenvalue weighted by Gasteiger charge is -2.05. The van der Waals surface area contributed by atoms with Gasteiger partial charge in [-0.1, -0.05) is 29.8 Å². The second-order valence-electron chi connectivity index (χ2n) is 6.08. The van der Waals surface area contributed by atoms with Crippen LogP contribution < -0.4 is 0 Å². The summed E-state index contributed by atoms with van der Waals surface area (Å²) in [6, 6.07) is 12.7. The molecule has 0 bridgehead atoms. The molecule has 0 saturated heterocycles. The third kappa shape index (κ3) is 4.25. The monoisotopic (exact) mass is 411 g/mol. The minimum Gasteiger partial charge on any atom is -0.454 e. The molecule has 2 aromatic carbocycles. The summed E-state index contributed by atoms with van der Waals surface area (Å²) in [4.78, 5) is 35.3. The molecule has 0 saturated carbocycles. The number of hydrogen-bond acceptors (Lipinski definition) is 6. The van der Waals surface area contributed by atoms with Gasteiger partial charge >= 0.3 is 5.97 Å². The number of esters is 1. The molecule has 0 aliphatic carbocycles. The third-order valence-electron chi connectivity index (χ3n) is 4.26. The van der Waals surface area contributed by atoms with Gasteiger partial charge in [0.25, 0.3) is 5.69 Å². The molecule has 8 nitrogen and oxygen atoms in total. The van der Waals surface area contributed by atoms with Gasteiger partial charge in [0.1, 0.15) is 5.56 Å². The van der Waals surface area contributed by atoms with Crippen LogP contribution in [0.25, 0.3) is 10.9 Å². The average molecular weight is 412 g/mol. The number of nitriles is 1. The fourth-order valence-electron chi connectivity index (χ4n) is 2.94. The van der Waals surface area contributed by atoms with Crippen molar-refractivity contribution in [3.63, 3.8) is 0 Å². The number of carbonyl (C=O) groups excluding carboxylic acids is 2. The number of para-hydroxylation sites is 1. The van der Waals surface area contributed by atoms with E-state index in [2.05, 4.69) is 6.07 Å². The number of hydrogen-bond donors (Lipinski definition) is 0. The first-order chi connectivity index (χ1) is 13.9. The molecular weight excluding hydrogens is 398 g/mol. The van der Waals surface area contributed by atoms with E-state index in [1.165, 1.54) is 6.07 Å². The van der Waals surface area contributed by atoms with E-state index in [9.17, 15) is 19.7 Å². The largest absolute Gasteiger partial charge is 0.454 e. The number of nitrogens with zero attached hydrogens (tertiary/aromatic N) is 3. The number of aryl methyl sites for hydroxylation is 1. The first-order valence-corrected chi connectivity index (χ1v) is 8.89. The molecule has 1 heterocycles. The van der Waals surface area contributed by atoms with Gasteiger partial charge in [-0.2, -0.15) is 5.26 Å². The van der Waals surface area contributed by atoms with Crippen LogP contribution in [-0.4, -0.2) is 27.8 Å². The lowest BCUT2D eigenvalue weighted by molar-refractivity contribution is -0.385. The summed E-state index contributed by atoms with van der Waals surface area (Å²) >= 11 is 5.81. The van der Waals surface area contributed by atoms with E-state index in [4.69, 9.17) is 21.6 Å². The zero-order chi connectivity index (χ0) is 21.0. The van der Waals surface area contributed by atoms with Crippen molar-refractivity contribution in [2.45, 2.75) is 13.0 Å². The number of rotatable bonds is 7. The molecule has 146 valence electrons. The van der Waals surface area contributed by atoms with Crippen molar-refractivity contribution < 1.29 is 19.2 Å². The van der Waals surface area contributed by atoms with Crippen molar-refractivity contribution in [3.8, 4) is 6.07 Å². The molecule has 0 amide bonds. The van der Waals surface area contributed by atoms with Gasteiger partial charge in [-0.15, -0.1) is 0 Å². The van der Waals surface area contributed by atoms with E-state index in [1.807, 2.05) is 12.1 Å². The second kappa shape index (κ2) is 8.54. The topological polar surface area (TPSA) is 115 Å². The maximum atomic E-state index is 12.7. The first-order valence-electron chi connectivity index (χ1n) is 8.51. The fourth-order valence-corrected chi connectivity index (χ4v) is 3.11. The maximum Gasteiger partial charge on any atom is 0.345 e. The number of benzene rings is 2. The molecule has 0 fully saturated rings. The zero-order valence-electron chi connectivity index (χ0n) is 15.0. The molecule has 0 radical (unpaired) electrons. The number of carbonyl (C=O) groups is 2. The highest BCUT2D eigenvalue weighted by molar-refractivity contribution is 6.31. The Morgan fingerprint density at radius 2 is 1.97 bits per heavy atom. The second-order valence-corrected chi connectivity index (χ2v) is 6.52. The van der Waals surface area contributed by atoms with E-state index in [0.717, 1.165) is 17.6 Å². The molecule has 0 aliphatic heterocycles. The average Bonchev–Trinajstić information content (AvgIpc) is 3.08. The summed E-state index contributed by atoms with van der Waals surface area (Å²) in [5.74, 6) is -1.48. The smallest absolute Gasteiger partial charge is 0.345 e. The highest BCUT2D eigenvalue weighted by Gasteiger charge is 2.23. The molecule has 3 aromatic rings. The van der Waals surface area contributed by atoms with Crippen molar-refractivity contribution in [2.75, 3.05) is 6.61 Å². The number of nitro groups is 1. The van der Waals surface area contributed by atoms with Gasteiger partial charge in [0.05, 0.1) is 17.4 Å². The van der Waals surface area contributed by atoms with Crippen LogP contribution in [0.4, 0.5) is 5.69 Å². The molecule has 1 aromatic heterocycles. The van der Waals surface area contributed by atoms with Crippen LogP contribution in [0, 0.1) is 21.4 Å². The normalized spacial score (nSPS) is 10.5. The Morgan fingerprint density at radius 1 is 1.21 bits per heavy atom. The van der Waals surface area contributed by atoms with Gasteiger partial charge in [0.2, 0.25) is 5.78 Å². The Balaban J connectivity index is 1.82. The Kier molecular flexibility index (Phi) is 5.90. The van der Waals surface area contributed by atoms with Crippen molar-refractivity contribution in [3.05, 3.63) is 74.9 Å². The number of ether oxygens (including phenoxy) is 1. The first kappa shape index (κ1) is 20.0. The number of Topliss-reactive ketones (excluding diaryl/α,β-unsaturated/α-hetero) is 1. The molecule has 9 heteroatoms. The van der Waals surface area contributed by atoms with Gasteiger partial charge in [-0.3, -0.25) is 14.9 Å². The molecule has 0 unspecified atom stereocenters. The predicted molar refractivity (Wildman–Crippen MR) is 105 cm³/mol. The van der Waals surface area contributed by atoms with E-state index < -0.39 is 29.0 Å². The van der Waals surface area contributed by atoms with Crippen molar-refractivity contribution in [1.82, 2.24) is 4.57 Å². The zero-order valence-corrected chi connectivity index (χ0v) is 15.8. The fraction of sp³-hybridized carbons (Fsp3) is 0.150. The van der Waals surface area contributed by atoms with Crippen LogP contribution in [0.5, 0.6) is 0 Å². The highest BCUT2D eigenvalue weighted by atomic mass is 35.5. The Morgan fingerprint density at radius 3 is 2.69 bits per heavy atom. The lowest BCUT2D eigenvalue weighted by Crippen LogP contribution is -2.15. The minimum atomic E-state index is -1.01. The molecule has 0 atom stereocenters. The predicted octanol–water partition coefficient (Wildman–Crippen LogP) is 4.16. The number of ketones is 1. The van der Waals surface area contributed by atoms with Crippen LogP contribution in [0.15, 0.2) is 48.7 Å². The standard InChI is InChI=1S/C20H14ClN3O5/c21-13-6-7-18(24(27)28)15(10-13)20(26)29-12-19(25)16-11-23(9-3-8-22)17-5-2-1-4-14(16)17/h1-2,4-7,10-11H,3,9,12H2. The summed E-state index contributed by atoms with van der Waals surface area (Å²) in [5, 5.41) is 20.7. The highest BCUT2D eigenvalue weighted by Crippen LogP contribution is 2.25. The van der Waals surface area contributed by atoms with Crippen LogP contribution in [0.1, 0.15) is 27.1 Å². The van der Waals surface area contributed by atoms with E-state index in [1.54, 1.807) is 22.9 Å². The number of fused-ring (bicyclic) bond motifs is 1. The van der Waals surface area contributed by atoms with E-state index in [0.29, 0.717) is 17.5 Å². The van der Waals surface area contributed by atoms with Crippen molar-refractivity contribution >= 4 is 39.9 Å². The quantitative estimate of drug-likeness (QED) is 0.249. The summed E-state index contributed by atoms with van der Waals surface area (Å²) < 4.78 is 6.80. The van der Waals surface area contributed by atoms with E-state index >= 15 is 0 Å². The molecule has 3 rings (SSSR count). The van der Waals surface area contributed by atoms with Gasteiger partial charge in [0.15, 0.2) is 6.61 Å². The van der Waals surface area contributed by atoms with E-state index in [-0.39, 0.29) is 17.0 Å². The van der Waals surface area contributed by atoms with Crippen LogP contribution in [0.3, 0.4) is 0 Å². The van der Waals surface area contributed by atoms with Gasteiger partial charge < -0.3 is 9.30 Å². The summed E-state index contributed by atoms with van der Waals surface area (Å²) in [6.45, 7) is -0.173. The van der Waals surface area contributed by atoms with Gasteiger partial charge in [0, 0.05) is 40.3 Å². The van der Waals surface area contributed by atoms with Crippen LogP contribution >= 0.6 is 11.6 Å². The van der Waals surface area contributed by atoms with Crippen molar-refractivity contribution in [1.29, 1.82) is 5.26 Å². The molecule has 0 aliphatic rings. The lowest BCUT2D eigenvalue weighted by atomic mass is 10.1. The van der Waals surface area contributed by atoms with Gasteiger partial charge in [-0.25, -0.2) is 4.79 Å². The third-order valence-corrected chi connectivity index (χ3v) is 4.50. The Bertz CT molecular complexity index is 1160. The molecule has 0 spiro atoms. The van der Waals surface area contributed by atoms with Crippen LogP contribution in [0.2, 0.25) is 5.02 Å². The van der Waals surface area contributed by atoms with Crippen molar-refractivity contribution in [2.24, 2.45) is 0 Å². The number of halogens is 1. The molecule has 29 heavy (non-hydrogen) atoms. The summed E-state index contributed by atoms with van der Waals surface area (Å²) in [7, 11) is 0. The summed E-state index contributed by atoms with van der Waals surface area (Å²) in [6.07, 6.45) is 1.89. The summed E-state index contributed by atoms with van der Waals surface area (Å²) in [5.41, 5.74) is 0.335. The SMILES string of the molecule is N#CCCn1cc(C(=O)COC(=O)c2cc(Cl)ccc2[N+](=O)[O-])c2ccccc21. The number of nitro benzene ring substituents is 1. The molecule has 0 N–H and O–H groups in total. The number of aromatic nitrogens is 1. The molecular formula is C20H14ClN3O5. The Hall–Kier alpha value is -3.70. The Labute approximate surface area is 170 Å². The minimum absolute atomic E-state index is 0.134. The van der Waals surface area contributed by atoms with Crippen LogP contribution in [-0.2, 0) is 11.3 Å².